The van der Waals surface area contributed by atoms with Gasteiger partial charge in [0.1, 0.15) is 11.5 Å². The highest BCUT2D eigenvalue weighted by Crippen LogP contribution is 2.22. The molecule has 12 aromatic rings. The second-order valence-electron chi connectivity index (χ2n) is 17.4. The number of carbonyl (C=O) groups is 1. The fourth-order valence-electron chi connectivity index (χ4n) is 7.16. The highest BCUT2D eigenvalue weighted by atomic mass is 35.5. The van der Waals surface area contributed by atoms with Crippen LogP contribution in [0.25, 0.3) is 38.9 Å². The number of nitro groups is 2. The molecule has 5 aromatic carbocycles. The van der Waals surface area contributed by atoms with Crippen LogP contribution in [0.1, 0.15) is 15.4 Å². The third kappa shape index (κ3) is 20.0. The minimum absolute atomic E-state index is 0.0133. The summed E-state index contributed by atoms with van der Waals surface area (Å²) in [5.41, 5.74) is 17.2. The number of thiophene rings is 1. The van der Waals surface area contributed by atoms with Gasteiger partial charge < -0.3 is 16.0 Å². The van der Waals surface area contributed by atoms with Gasteiger partial charge in [0, 0.05) is 103 Å². The van der Waals surface area contributed by atoms with Gasteiger partial charge >= 0.3 is 28.4 Å². The number of hydrogen-bond donors (Lipinski definition) is 3. The molecule has 0 spiro atoms. The summed E-state index contributed by atoms with van der Waals surface area (Å²) < 4.78 is 19.9. The lowest BCUT2D eigenvalue weighted by Crippen LogP contribution is -2.21. The van der Waals surface area contributed by atoms with Crippen LogP contribution < -0.4 is 39.5 Å². The van der Waals surface area contributed by atoms with Gasteiger partial charge in [0.15, 0.2) is 0 Å². The third-order valence-electron chi connectivity index (χ3n) is 11.4. The molecule has 33 heteroatoms. The Hall–Kier alpha value is -13.1. The Bertz CT molecular complexity index is 4640. The number of nitro benzene ring substituents is 2. The topological polar surface area (TPSA) is 406 Å². The zero-order valence-electron chi connectivity index (χ0n) is 46.6. The van der Waals surface area contributed by atoms with Crippen molar-refractivity contribution >= 4 is 51.6 Å². The number of rotatable bonds is 11. The molecule has 0 saturated carbocycles. The number of anilines is 1. The van der Waals surface area contributed by atoms with E-state index in [0.29, 0.717) is 43.3 Å². The van der Waals surface area contributed by atoms with E-state index in [1.165, 1.54) is 91.1 Å². The summed E-state index contributed by atoms with van der Waals surface area (Å²) in [7, 11) is 0. The zero-order chi connectivity index (χ0) is 65.1. The van der Waals surface area contributed by atoms with Crippen molar-refractivity contribution in [2.45, 2.75) is 6.54 Å². The molecular formula is C58H44ClFN20O10S. The van der Waals surface area contributed by atoms with Crippen molar-refractivity contribution in [3.05, 3.63) is 336 Å². The number of benzene rings is 5. The van der Waals surface area contributed by atoms with E-state index in [1.807, 2.05) is 12.1 Å². The molecule has 12 rings (SSSR count). The number of nitrogen functional groups attached to an aromatic ring is 1. The lowest BCUT2D eigenvalue weighted by molar-refractivity contribution is -0.385. The molecule has 4 N–H and O–H groups in total. The Morgan fingerprint density at radius 1 is 0.604 bits per heavy atom. The summed E-state index contributed by atoms with van der Waals surface area (Å²) in [5, 5.41) is 34.8. The van der Waals surface area contributed by atoms with Crippen LogP contribution in [0.2, 0.25) is 4.34 Å². The van der Waals surface area contributed by atoms with E-state index in [0.717, 1.165) is 35.6 Å². The minimum Gasteiger partial charge on any atom is -0.399 e. The molecule has 0 saturated heterocycles. The van der Waals surface area contributed by atoms with Gasteiger partial charge in [0.2, 0.25) is 0 Å². The molecule has 91 heavy (non-hydrogen) atoms. The molecule has 0 aliphatic heterocycles. The fraction of sp³-hybridized carbons (Fsp3) is 0.0172. The van der Waals surface area contributed by atoms with Gasteiger partial charge in [-0.25, -0.2) is 58.0 Å². The maximum absolute atomic E-state index is 12.1. The summed E-state index contributed by atoms with van der Waals surface area (Å²) >= 11 is 7.06. The first-order chi connectivity index (χ1) is 44.0. The number of carbonyl (C=O) groups excluding carboxylic acids is 1. The summed E-state index contributed by atoms with van der Waals surface area (Å²) in [6.45, 7) is 0.248. The molecule has 0 fully saturated rings. The number of amides is 1. The second-order valence-corrected chi connectivity index (χ2v) is 19.2. The summed E-state index contributed by atoms with van der Waals surface area (Å²) in [5.74, 6) is -0.677. The molecule has 0 bridgehead atoms. The Morgan fingerprint density at radius 3 is 1.41 bits per heavy atom. The molecule has 1 amide bonds. The van der Waals surface area contributed by atoms with Crippen LogP contribution in [0, 0.1) is 26.0 Å². The summed E-state index contributed by atoms with van der Waals surface area (Å²) in [6.07, 6.45) is 17.0. The maximum Gasteiger partial charge on any atom is 0.352 e. The van der Waals surface area contributed by atoms with Crippen LogP contribution in [0.5, 0.6) is 0 Å². The number of nitrogens with zero attached hydrogens (tertiary/aromatic N) is 17. The van der Waals surface area contributed by atoms with Crippen LogP contribution in [0.15, 0.2) is 261 Å². The van der Waals surface area contributed by atoms with Crippen molar-refractivity contribution in [2.24, 2.45) is 5.11 Å². The Labute approximate surface area is 518 Å². The zero-order valence-corrected chi connectivity index (χ0v) is 48.1. The van der Waals surface area contributed by atoms with E-state index in [4.69, 9.17) is 22.9 Å². The number of nitrogens with two attached hydrogens (primary N) is 1. The lowest BCUT2D eigenvalue weighted by atomic mass is 10.3. The van der Waals surface area contributed by atoms with Crippen LogP contribution in [-0.2, 0) is 6.54 Å². The van der Waals surface area contributed by atoms with E-state index >= 15 is 0 Å². The van der Waals surface area contributed by atoms with E-state index < -0.39 is 21.4 Å². The van der Waals surface area contributed by atoms with Crippen LogP contribution in [0.3, 0.4) is 0 Å². The van der Waals surface area contributed by atoms with Crippen LogP contribution in [0.4, 0.5) is 27.1 Å². The van der Waals surface area contributed by atoms with Gasteiger partial charge in [0.05, 0.1) is 60.2 Å². The predicted molar refractivity (Wildman–Crippen MR) is 333 cm³/mol. The second kappa shape index (κ2) is 33.0. The van der Waals surface area contributed by atoms with E-state index in [-0.39, 0.29) is 46.6 Å². The van der Waals surface area contributed by atoms with Crippen molar-refractivity contribution in [1.82, 2.24) is 68.5 Å². The fourth-order valence-corrected chi connectivity index (χ4v) is 8.12. The summed E-state index contributed by atoms with van der Waals surface area (Å²) in [6, 6.07) is 42.6. The number of nitrogens with one attached hydrogen (secondary N) is 2. The number of hydrogen-bond acceptors (Lipinski definition) is 20. The SMILES string of the molecule is Nc1ccc(-n2cccnc2=O)cc1.O=C(NCc1cn(-c2ccc(-n3cccnc3=O)cc2)nn1)c1ccc(Cl)s1.O=[N+]([O-])c1ccc(F)cc1.O=c1nccc[nH]1.O=c1ncccn1-c1ccc([N+](=O)[O-])cc1.[N-]=[N+]=Nc1ccc(-n2cccnc2=O)cc1. The first kappa shape index (κ1) is 65.5. The lowest BCUT2D eigenvalue weighted by Gasteiger charge is -2.05. The molecule has 0 aliphatic carbocycles. The molecule has 7 aromatic heterocycles. The number of H-pyrrole nitrogens is 1. The van der Waals surface area contributed by atoms with Crippen LogP contribution in [-0.4, -0.2) is 78.9 Å². The van der Waals surface area contributed by atoms with Gasteiger partial charge in [-0.15, -0.1) is 16.4 Å². The first-order valence-corrected chi connectivity index (χ1v) is 27.0. The first-order valence-electron chi connectivity index (χ1n) is 25.8. The van der Waals surface area contributed by atoms with Crippen molar-refractivity contribution < 1.29 is 19.0 Å². The van der Waals surface area contributed by atoms with E-state index in [2.05, 4.69) is 55.6 Å². The molecule has 30 nitrogen and oxygen atoms in total. The number of aromatic amines is 1. The maximum atomic E-state index is 12.1. The number of aromatic nitrogens is 13. The Morgan fingerprint density at radius 2 is 1.02 bits per heavy atom. The number of halogens is 2. The predicted octanol–water partition coefficient (Wildman–Crippen LogP) is 8.09. The summed E-state index contributed by atoms with van der Waals surface area (Å²) in [4.78, 5) is 111. The molecular weight excluding hydrogens is 1220 g/mol. The van der Waals surface area contributed by atoms with Crippen molar-refractivity contribution in [3.63, 3.8) is 0 Å². The minimum atomic E-state index is -0.570. The largest absolute Gasteiger partial charge is 0.399 e. The van der Waals surface area contributed by atoms with Gasteiger partial charge in [-0.05, 0) is 133 Å². The van der Waals surface area contributed by atoms with Crippen molar-refractivity contribution in [3.8, 4) is 28.4 Å². The van der Waals surface area contributed by atoms with Crippen LogP contribution >= 0.6 is 22.9 Å². The molecule has 0 radical (unpaired) electrons. The van der Waals surface area contributed by atoms with Gasteiger partial charge in [0.25, 0.3) is 17.3 Å². The van der Waals surface area contributed by atoms with E-state index in [9.17, 15) is 53.4 Å². The Kier molecular flexibility index (Phi) is 23.8. The van der Waals surface area contributed by atoms with Gasteiger partial charge in [-0.3, -0.25) is 43.3 Å². The van der Waals surface area contributed by atoms with Crippen molar-refractivity contribution in [2.75, 3.05) is 5.73 Å². The average molecular weight is 1270 g/mol. The Balaban J connectivity index is 0.000000163. The number of azide groups is 1. The molecule has 7 heterocycles. The molecule has 456 valence electrons. The molecule has 0 unspecified atom stereocenters. The van der Waals surface area contributed by atoms with Gasteiger partial charge in [-0.1, -0.05) is 34.1 Å². The average Bonchev–Trinajstić information content (AvgIpc) is 3.61. The monoisotopic (exact) mass is 1270 g/mol. The normalized spacial score (nSPS) is 9.96. The van der Waals surface area contributed by atoms with E-state index in [1.54, 1.807) is 139 Å². The van der Waals surface area contributed by atoms with Crippen molar-refractivity contribution in [1.29, 1.82) is 0 Å². The molecule has 0 aliphatic rings. The number of non-ortho nitro benzene ring substituents is 2. The highest BCUT2D eigenvalue weighted by molar-refractivity contribution is 7.18. The third-order valence-corrected chi connectivity index (χ3v) is 12.7. The quantitative estimate of drug-likeness (QED) is 0.0275. The molecule has 0 atom stereocenters. The smallest absolute Gasteiger partial charge is 0.352 e. The standard InChI is InChI=1S/C18H13ClN6O2S.C10H7N5O.C10H7N3O3.C10H9N3O.C6H4FNO2.C4H4N2O/c19-16-7-6-15(28-16)17(26)21-10-12-11-25(23-22-12)14-4-2-13(3-5-14)24-9-1-8-20-18(24)27;11-14-13-8-2-4-9(5-3-8)15-7-1-6-12-10(15)16;14-10-11-6-1-7-12(10)8-2-4-9(5-3-8)13(15)16;11-8-2-4-9(5-3-8)13-7-1-6-12-10(13)14;7-5-1-3-6(4-2-5)8(9)10;7-4-5-2-1-3-6-4/h1-9,11H,10H2,(H,21,26);2*1-7H;1-7H,11H2;1-4H;1-3H,(H,5,6,7). The van der Waals surface area contributed by atoms with Gasteiger partial charge in [-0.2, -0.15) is 0 Å². The highest BCUT2D eigenvalue weighted by Gasteiger charge is 2.11.